The largest absolute Gasteiger partial charge is 0.494 e. The summed E-state index contributed by atoms with van der Waals surface area (Å²) in [6, 6.07) is 17.7. The first kappa shape index (κ1) is 23.9. The van der Waals surface area contributed by atoms with Crippen LogP contribution in [0.1, 0.15) is 6.92 Å². The number of nitrogens with one attached hydrogen (secondary N) is 2. The van der Waals surface area contributed by atoms with Gasteiger partial charge in [-0.05, 0) is 77.5 Å². The van der Waals surface area contributed by atoms with Gasteiger partial charge < -0.3 is 14.8 Å². The summed E-state index contributed by atoms with van der Waals surface area (Å²) in [5, 5.41) is 2.77. The van der Waals surface area contributed by atoms with Crippen molar-refractivity contribution < 1.29 is 22.7 Å². The maximum atomic E-state index is 12.7. The van der Waals surface area contributed by atoms with Crippen LogP contribution in [0, 0.1) is 0 Å². The van der Waals surface area contributed by atoms with Gasteiger partial charge in [-0.3, -0.25) is 9.52 Å². The van der Waals surface area contributed by atoms with Gasteiger partial charge in [-0.25, -0.2) is 8.42 Å². The molecule has 0 spiro atoms. The van der Waals surface area contributed by atoms with Crippen molar-refractivity contribution in [1.29, 1.82) is 0 Å². The Balaban J connectivity index is 1.63. The van der Waals surface area contributed by atoms with Crippen molar-refractivity contribution in [3.8, 4) is 11.5 Å². The molecule has 0 aliphatic rings. The number of benzene rings is 3. The number of carbonyl (C=O) groups is 1. The van der Waals surface area contributed by atoms with Gasteiger partial charge >= 0.3 is 0 Å². The molecule has 2 N–H and O–H groups in total. The highest BCUT2D eigenvalue weighted by Crippen LogP contribution is 2.29. The van der Waals surface area contributed by atoms with E-state index in [-0.39, 0.29) is 28.2 Å². The van der Waals surface area contributed by atoms with E-state index in [1.807, 2.05) is 13.0 Å². The smallest absolute Gasteiger partial charge is 0.262 e. The van der Waals surface area contributed by atoms with Crippen molar-refractivity contribution in [1.82, 2.24) is 0 Å². The first-order valence-corrected chi connectivity index (χ1v) is 12.2. The van der Waals surface area contributed by atoms with Crippen molar-refractivity contribution in [2.45, 2.75) is 11.8 Å². The summed E-state index contributed by atoms with van der Waals surface area (Å²) in [7, 11) is -3.87. The molecule has 0 unspecified atom stereocenters. The molecule has 0 aliphatic carbocycles. The van der Waals surface area contributed by atoms with Gasteiger partial charge in [0.15, 0.2) is 6.61 Å². The van der Waals surface area contributed by atoms with Crippen molar-refractivity contribution in [3.05, 3.63) is 76.2 Å². The number of amides is 1. The van der Waals surface area contributed by atoms with Crippen LogP contribution in [-0.2, 0) is 14.8 Å². The number of hydrogen-bond acceptors (Lipinski definition) is 5. The van der Waals surface area contributed by atoms with E-state index in [2.05, 4.69) is 26.0 Å². The topological polar surface area (TPSA) is 93.7 Å². The fraction of sp³-hybridized carbons (Fsp3) is 0.136. The fourth-order valence-electron chi connectivity index (χ4n) is 2.66. The number of rotatable bonds is 9. The molecule has 0 aromatic heterocycles. The number of ether oxygens (including phenoxy) is 2. The molecule has 0 heterocycles. The molecule has 0 saturated heterocycles. The maximum Gasteiger partial charge on any atom is 0.262 e. The molecule has 168 valence electrons. The number of halogens is 2. The van der Waals surface area contributed by atoms with Crippen molar-refractivity contribution in [2.24, 2.45) is 0 Å². The zero-order valence-electron chi connectivity index (χ0n) is 17.0. The van der Waals surface area contributed by atoms with E-state index in [1.54, 1.807) is 42.5 Å². The Morgan fingerprint density at radius 3 is 2.41 bits per heavy atom. The molecule has 0 saturated carbocycles. The second-order valence-electron chi connectivity index (χ2n) is 6.47. The van der Waals surface area contributed by atoms with E-state index >= 15 is 0 Å². The Morgan fingerprint density at radius 2 is 1.75 bits per heavy atom. The number of para-hydroxylation sites is 1. The summed E-state index contributed by atoms with van der Waals surface area (Å²) < 4.78 is 39.3. The summed E-state index contributed by atoms with van der Waals surface area (Å²) in [4.78, 5) is 12.1. The summed E-state index contributed by atoms with van der Waals surface area (Å²) in [6.45, 7) is 2.09. The minimum Gasteiger partial charge on any atom is -0.494 e. The number of sulfonamides is 1. The van der Waals surface area contributed by atoms with E-state index in [9.17, 15) is 13.2 Å². The second kappa shape index (κ2) is 10.7. The number of anilines is 2. The molecule has 3 aromatic rings. The lowest BCUT2D eigenvalue weighted by Gasteiger charge is -2.12. The van der Waals surface area contributed by atoms with E-state index in [4.69, 9.17) is 21.1 Å². The van der Waals surface area contributed by atoms with E-state index in [1.165, 1.54) is 18.2 Å². The van der Waals surface area contributed by atoms with E-state index in [0.717, 1.165) is 4.47 Å². The van der Waals surface area contributed by atoms with Crippen LogP contribution in [0.3, 0.4) is 0 Å². The number of hydrogen-bond donors (Lipinski definition) is 2. The van der Waals surface area contributed by atoms with Gasteiger partial charge in [-0.15, -0.1) is 0 Å². The summed E-state index contributed by atoms with van der Waals surface area (Å²) >= 11 is 9.54. The molecule has 0 fully saturated rings. The van der Waals surface area contributed by atoms with Crippen LogP contribution in [0.5, 0.6) is 11.5 Å². The van der Waals surface area contributed by atoms with E-state index < -0.39 is 10.0 Å². The SMILES string of the molecule is CCOc1ccc(NS(=O)(=O)c2ccc(OCC(=O)Nc3ccccc3Br)c(Cl)c2)cc1. The van der Waals surface area contributed by atoms with Crippen LogP contribution >= 0.6 is 27.5 Å². The molecule has 7 nitrogen and oxygen atoms in total. The van der Waals surface area contributed by atoms with Crippen LogP contribution in [0.25, 0.3) is 0 Å². The monoisotopic (exact) mass is 538 g/mol. The van der Waals surface area contributed by atoms with Crippen LogP contribution < -0.4 is 19.5 Å². The predicted octanol–water partition coefficient (Wildman–Crippen LogP) is 5.32. The fourth-order valence-corrected chi connectivity index (χ4v) is 4.43. The molecule has 3 rings (SSSR count). The van der Waals surface area contributed by atoms with Crippen LogP contribution in [0.4, 0.5) is 11.4 Å². The average molecular weight is 540 g/mol. The van der Waals surface area contributed by atoms with Gasteiger partial charge in [-0.2, -0.15) is 0 Å². The van der Waals surface area contributed by atoms with Gasteiger partial charge in [0, 0.05) is 10.2 Å². The molecule has 0 aliphatic heterocycles. The average Bonchev–Trinajstić information content (AvgIpc) is 2.76. The molecule has 32 heavy (non-hydrogen) atoms. The molecule has 0 atom stereocenters. The lowest BCUT2D eigenvalue weighted by Crippen LogP contribution is -2.20. The van der Waals surface area contributed by atoms with Gasteiger partial charge in [0.05, 0.1) is 22.2 Å². The highest BCUT2D eigenvalue weighted by Gasteiger charge is 2.17. The van der Waals surface area contributed by atoms with E-state index in [0.29, 0.717) is 23.7 Å². The van der Waals surface area contributed by atoms with Gasteiger partial charge in [-0.1, -0.05) is 23.7 Å². The van der Waals surface area contributed by atoms with Crippen LogP contribution in [-0.4, -0.2) is 27.5 Å². The third-order valence-corrected chi connectivity index (χ3v) is 6.50. The van der Waals surface area contributed by atoms with Crippen LogP contribution in [0.2, 0.25) is 5.02 Å². The molecule has 0 bridgehead atoms. The maximum absolute atomic E-state index is 12.7. The van der Waals surface area contributed by atoms with Crippen LogP contribution in [0.15, 0.2) is 76.1 Å². The molecular formula is C22H20BrClN2O5S. The highest BCUT2D eigenvalue weighted by atomic mass is 79.9. The molecular weight excluding hydrogens is 520 g/mol. The third-order valence-electron chi connectivity index (χ3n) is 4.14. The first-order valence-electron chi connectivity index (χ1n) is 9.51. The quantitative estimate of drug-likeness (QED) is 0.384. The Labute approximate surface area is 199 Å². The number of carbonyl (C=O) groups excluding carboxylic acids is 1. The highest BCUT2D eigenvalue weighted by molar-refractivity contribution is 9.10. The summed E-state index contributed by atoms with van der Waals surface area (Å²) in [6.07, 6.45) is 0. The predicted molar refractivity (Wildman–Crippen MR) is 128 cm³/mol. The second-order valence-corrected chi connectivity index (χ2v) is 9.42. The summed E-state index contributed by atoms with van der Waals surface area (Å²) in [5.41, 5.74) is 0.989. The Hall–Kier alpha value is -2.75. The minimum atomic E-state index is -3.87. The van der Waals surface area contributed by atoms with Gasteiger partial charge in [0.1, 0.15) is 11.5 Å². The standard InChI is InChI=1S/C22H20BrClN2O5S/c1-2-30-16-9-7-15(8-10-16)26-32(28,29)17-11-12-21(19(24)13-17)31-14-22(27)25-20-6-4-3-5-18(20)23/h3-13,26H,2,14H2,1H3,(H,25,27). The Bertz CT molecular complexity index is 1200. The Morgan fingerprint density at radius 1 is 1.03 bits per heavy atom. The first-order chi connectivity index (χ1) is 15.3. The Kier molecular flexibility index (Phi) is 8.00. The minimum absolute atomic E-state index is 0.0404. The van der Waals surface area contributed by atoms with Crippen molar-refractivity contribution in [2.75, 3.05) is 23.3 Å². The molecule has 1 amide bonds. The third kappa shape index (κ3) is 6.38. The van der Waals surface area contributed by atoms with Crippen molar-refractivity contribution >= 4 is 54.8 Å². The molecule has 10 heteroatoms. The lowest BCUT2D eigenvalue weighted by atomic mass is 10.3. The molecule has 3 aromatic carbocycles. The lowest BCUT2D eigenvalue weighted by molar-refractivity contribution is -0.118. The van der Waals surface area contributed by atoms with Gasteiger partial charge in [0.25, 0.3) is 15.9 Å². The van der Waals surface area contributed by atoms with Crippen molar-refractivity contribution in [3.63, 3.8) is 0 Å². The van der Waals surface area contributed by atoms with Gasteiger partial charge in [0.2, 0.25) is 0 Å². The zero-order chi connectivity index (χ0) is 23.1. The zero-order valence-corrected chi connectivity index (χ0v) is 20.1. The normalized spacial score (nSPS) is 11.0. The molecule has 0 radical (unpaired) electrons. The summed E-state index contributed by atoms with van der Waals surface area (Å²) in [5.74, 6) is 0.444.